The molecule has 0 bridgehead atoms. The van der Waals surface area contributed by atoms with E-state index in [2.05, 4.69) is 21.9 Å². The summed E-state index contributed by atoms with van der Waals surface area (Å²) in [7, 11) is 0. The first-order chi connectivity index (χ1) is 4.83. The van der Waals surface area contributed by atoms with E-state index in [0.29, 0.717) is 0 Å². The van der Waals surface area contributed by atoms with Gasteiger partial charge in [0.15, 0.2) is 4.67 Å². The molecule has 0 saturated heterocycles. The molecule has 1 aromatic rings. The van der Waals surface area contributed by atoms with Crippen LogP contribution in [-0.4, -0.2) is 0 Å². The highest BCUT2D eigenvalue weighted by molar-refractivity contribution is 9.10. The zero-order chi connectivity index (χ0) is 7.40. The molecule has 0 spiro atoms. The first-order valence-electron chi connectivity index (χ1n) is 3.00. The molecule has 0 radical (unpaired) electrons. The van der Waals surface area contributed by atoms with Crippen molar-refractivity contribution in [1.29, 1.82) is 0 Å². The van der Waals surface area contributed by atoms with Gasteiger partial charge in [-0.2, -0.15) is 0 Å². The van der Waals surface area contributed by atoms with Crippen LogP contribution in [0.25, 0.3) is 0 Å². The Bertz CT molecular complexity index is 244. The normalized spacial score (nSPS) is 9.20. The summed E-state index contributed by atoms with van der Waals surface area (Å²) in [6, 6.07) is 3.78. The molecule has 0 fully saturated rings. The molecule has 0 N–H and O–H groups in total. The van der Waals surface area contributed by atoms with Gasteiger partial charge < -0.3 is 4.42 Å². The van der Waals surface area contributed by atoms with Crippen LogP contribution in [0, 0.1) is 12.3 Å². The molecule has 0 aliphatic rings. The Morgan fingerprint density at radius 3 is 2.90 bits per heavy atom. The van der Waals surface area contributed by atoms with Crippen LogP contribution in [0.1, 0.15) is 12.2 Å². The van der Waals surface area contributed by atoms with Crippen LogP contribution in [0.3, 0.4) is 0 Å². The van der Waals surface area contributed by atoms with Crippen LogP contribution < -0.4 is 0 Å². The monoisotopic (exact) mass is 198 g/mol. The fraction of sp³-hybridized carbons (Fsp3) is 0.250. The first-order valence-corrected chi connectivity index (χ1v) is 3.80. The highest BCUT2D eigenvalue weighted by Crippen LogP contribution is 2.14. The van der Waals surface area contributed by atoms with Gasteiger partial charge >= 0.3 is 0 Å². The third kappa shape index (κ3) is 1.93. The SMILES string of the molecule is C#CCCc1ccc(Br)o1. The number of aryl methyl sites for hydroxylation is 1. The van der Waals surface area contributed by atoms with E-state index < -0.39 is 0 Å². The van der Waals surface area contributed by atoms with Gasteiger partial charge in [0.25, 0.3) is 0 Å². The minimum atomic E-state index is 0.736. The van der Waals surface area contributed by atoms with Crippen LogP contribution >= 0.6 is 15.9 Å². The molecule has 2 heteroatoms. The summed E-state index contributed by atoms with van der Waals surface area (Å²) in [5, 5.41) is 0. The molecule has 1 heterocycles. The molecule has 0 saturated carbocycles. The third-order valence-electron chi connectivity index (χ3n) is 1.14. The average molecular weight is 199 g/mol. The summed E-state index contributed by atoms with van der Waals surface area (Å²) in [5.41, 5.74) is 0. The number of hydrogen-bond donors (Lipinski definition) is 0. The van der Waals surface area contributed by atoms with Gasteiger partial charge in [-0.05, 0) is 28.1 Å². The van der Waals surface area contributed by atoms with E-state index in [1.807, 2.05) is 12.1 Å². The largest absolute Gasteiger partial charge is 0.454 e. The maximum Gasteiger partial charge on any atom is 0.169 e. The van der Waals surface area contributed by atoms with Crippen LogP contribution in [-0.2, 0) is 6.42 Å². The van der Waals surface area contributed by atoms with E-state index in [1.165, 1.54) is 0 Å². The zero-order valence-corrected chi connectivity index (χ0v) is 7.02. The summed E-state index contributed by atoms with van der Waals surface area (Å²) in [4.78, 5) is 0. The van der Waals surface area contributed by atoms with Crippen molar-refractivity contribution in [1.82, 2.24) is 0 Å². The Labute approximate surface area is 68.6 Å². The maximum absolute atomic E-state index is 5.21. The summed E-state index contributed by atoms with van der Waals surface area (Å²) < 4.78 is 5.97. The second kappa shape index (κ2) is 3.48. The van der Waals surface area contributed by atoms with E-state index in [0.717, 1.165) is 23.3 Å². The summed E-state index contributed by atoms with van der Waals surface area (Å²) in [6.45, 7) is 0. The summed E-state index contributed by atoms with van der Waals surface area (Å²) in [6.07, 6.45) is 6.64. The minimum absolute atomic E-state index is 0.736. The Hall–Kier alpha value is -0.680. The van der Waals surface area contributed by atoms with Crippen molar-refractivity contribution in [2.45, 2.75) is 12.8 Å². The van der Waals surface area contributed by atoms with Gasteiger partial charge in [-0.1, -0.05) is 0 Å². The molecule has 52 valence electrons. The number of furan rings is 1. The van der Waals surface area contributed by atoms with E-state index in [4.69, 9.17) is 10.8 Å². The fourth-order valence-electron chi connectivity index (χ4n) is 0.681. The number of rotatable bonds is 2. The van der Waals surface area contributed by atoms with Crippen molar-refractivity contribution >= 4 is 15.9 Å². The second-order valence-electron chi connectivity index (χ2n) is 1.91. The van der Waals surface area contributed by atoms with Crippen molar-refractivity contribution < 1.29 is 4.42 Å². The first kappa shape index (κ1) is 7.43. The van der Waals surface area contributed by atoms with Gasteiger partial charge in [0, 0.05) is 12.8 Å². The molecule has 1 aromatic heterocycles. The van der Waals surface area contributed by atoms with E-state index in [-0.39, 0.29) is 0 Å². The molecular weight excluding hydrogens is 192 g/mol. The molecule has 1 rings (SSSR count). The molecule has 0 aromatic carbocycles. The minimum Gasteiger partial charge on any atom is -0.454 e. The second-order valence-corrected chi connectivity index (χ2v) is 2.69. The molecule has 0 aliphatic heterocycles. The van der Waals surface area contributed by atoms with Crippen molar-refractivity contribution in [3.8, 4) is 12.3 Å². The lowest BCUT2D eigenvalue weighted by atomic mass is 10.3. The summed E-state index contributed by atoms with van der Waals surface area (Å²) >= 11 is 3.21. The zero-order valence-electron chi connectivity index (χ0n) is 5.43. The van der Waals surface area contributed by atoms with Crippen molar-refractivity contribution in [3.63, 3.8) is 0 Å². The standard InChI is InChI=1S/C8H7BrO/c1-2-3-4-7-5-6-8(9)10-7/h1,5-6H,3-4H2. The fourth-order valence-corrected chi connectivity index (χ4v) is 1.02. The van der Waals surface area contributed by atoms with Crippen LogP contribution in [0.15, 0.2) is 21.2 Å². The Morgan fingerprint density at radius 2 is 2.40 bits per heavy atom. The molecule has 1 nitrogen and oxygen atoms in total. The average Bonchev–Trinajstić information content (AvgIpc) is 2.31. The molecule has 0 unspecified atom stereocenters. The molecule has 0 atom stereocenters. The molecular formula is C8H7BrO. The maximum atomic E-state index is 5.21. The highest BCUT2D eigenvalue weighted by atomic mass is 79.9. The molecule has 0 aliphatic carbocycles. The van der Waals surface area contributed by atoms with Gasteiger partial charge in [-0.15, -0.1) is 12.3 Å². The predicted molar refractivity (Wildman–Crippen MR) is 43.6 cm³/mol. The van der Waals surface area contributed by atoms with Crippen LogP contribution in [0.4, 0.5) is 0 Å². The van der Waals surface area contributed by atoms with E-state index in [9.17, 15) is 0 Å². The Kier molecular flexibility index (Phi) is 2.58. The lowest BCUT2D eigenvalue weighted by Crippen LogP contribution is -1.76. The number of hydrogen-bond acceptors (Lipinski definition) is 1. The van der Waals surface area contributed by atoms with Gasteiger partial charge in [0.1, 0.15) is 5.76 Å². The molecule has 0 amide bonds. The Balaban J connectivity index is 2.52. The molecule has 10 heavy (non-hydrogen) atoms. The van der Waals surface area contributed by atoms with Crippen molar-refractivity contribution in [3.05, 3.63) is 22.6 Å². The number of terminal acetylenes is 1. The van der Waals surface area contributed by atoms with Crippen LogP contribution in [0.5, 0.6) is 0 Å². The van der Waals surface area contributed by atoms with Gasteiger partial charge in [0.05, 0.1) is 0 Å². The Morgan fingerprint density at radius 1 is 1.60 bits per heavy atom. The van der Waals surface area contributed by atoms with Gasteiger partial charge in [-0.3, -0.25) is 0 Å². The summed E-state index contributed by atoms with van der Waals surface area (Å²) in [5.74, 6) is 3.49. The lowest BCUT2D eigenvalue weighted by Gasteiger charge is -1.87. The van der Waals surface area contributed by atoms with E-state index >= 15 is 0 Å². The smallest absolute Gasteiger partial charge is 0.169 e. The third-order valence-corrected chi connectivity index (χ3v) is 1.57. The highest BCUT2D eigenvalue weighted by Gasteiger charge is 1.96. The lowest BCUT2D eigenvalue weighted by molar-refractivity contribution is 0.489. The number of halogens is 1. The van der Waals surface area contributed by atoms with E-state index in [1.54, 1.807) is 0 Å². The van der Waals surface area contributed by atoms with Gasteiger partial charge in [0.2, 0.25) is 0 Å². The van der Waals surface area contributed by atoms with Crippen molar-refractivity contribution in [2.24, 2.45) is 0 Å². The van der Waals surface area contributed by atoms with Gasteiger partial charge in [-0.25, -0.2) is 0 Å². The predicted octanol–water partition coefficient (Wildman–Crippen LogP) is 2.61. The van der Waals surface area contributed by atoms with Crippen molar-refractivity contribution in [2.75, 3.05) is 0 Å². The quantitative estimate of drug-likeness (QED) is 0.667. The topological polar surface area (TPSA) is 13.1 Å². The van der Waals surface area contributed by atoms with Crippen LogP contribution in [0.2, 0.25) is 0 Å².